The minimum atomic E-state index is -0.368. The predicted octanol–water partition coefficient (Wildman–Crippen LogP) is 3.97. The summed E-state index contributed by atoms with van der Waals surface area (Å²) in [5, 5.41) is 1.75. The molecule has 0 aliphatic carbocycles. The Morgan fingerprint density at radius 2 is 1.14 bits per heavy atom. The van der Waals surface area contributed by atoms with Crippen molar-refractivity contribution in [2.24, 2.45) is 0 Å². The summed E-state index contributed by atoms with van der Waals surface area (Å²) >= 11 is 0. The third-order valence-corrected chi connectivity index (χ3v) is 3.00. The zero-order valence-corrected chi connectivity index (χ0v) is 13.3. The van der Waals surface area contributed by atoms with E-state index in [-0.39, 0.29) is 24.1 Å². The van der Waals surface area contributed by atoms with Gasteiger partial charge in [-0.25, -0.2) is 9.59 Å². The number of carbonyl (C=O) groups excluding carboxylic acids is 2. The van der Waals surface area contributed by atoms with Crippen LogP contribution in [0, 0.1) is 0 Å². The maximum Gasteiger partial charge on any atom is 0.338 e. The van der Waals surface area contributed by atoms with Crippen LogP contribution in [0.1, 0.15) is 48.4 Å². The van der Waals surface area contributed by atoms with Gasteiger partial charge < -0.3 is 9.47 Å². The molecule has 0 heterocycles. The minimum absolute atomic E-state index is 0.171. The average Bonchev–Trinajstić information content (AvgIpc) is 2.44. The molecule has 116 valence electrons. The lowest BCUT2D eigenvalue weighted by atomic mass is 10.0. The zero-order chi connectivity index (χ0) is 16.3. The van der Waals surface area contributed by atoms with E-state index >= 15 is 0 Å². The summed E-state index contributed by atoms with van der Waals surface area (Å²) in [6.45, 7) is 7.22. The maximum atomic E-state index is 11.9. The van der Waals surface area contributed by atoms with Crippen molar-refractivity contribution in [3.63, 3.8) is 0 Å². The molecule has 0 aliphatic heterocycles. The lowest BCUT2D eigenvalue weighted by Crippen LogP contribution is -2.12. The van der Waals surface area contributed by atoms with Gasteiger partial charge in [-0.3, -0.25) is 0 Å². The van der Waals surface area contributed by atoms with Crippen LogP contribution in [0.5, 0.6) is 0 Å². The van der Waals surface area contributed by atoms with Crippen molar-refractivity contribution >= 4 is 22.7 Å². The summed E-state index contributed by atoms with van der Waals surface area (Å²) in [4.78, 5) is 23.9. The van der Waals surface area contributed by atoms with Crippen LogP contribution in [0.25, 0.3) is 10.8 Å². The summed E-state index contributed by atoms with van der Waals surface area (Å²) in [5.41, 5.74) is 0.936. The van der Waals surface area contributed by atoms with E-state index in [1.807, 2.05) is 12.1 Å². The molecule has 2 aromatic rings. The number of fused-ring (bicyclic) bond motifs is 1. The first kappa shape index (κ1) is 16.0. The van der Waals surface area contributed by atoms with Crippen molar-refractivity contribution in [2.45, 2.75) is 39.9 Å². The summed E-state index contributed by atoms with van der Waals surface area (Å²) in [7, 11) is 0. The van der Waals surface area contributed by atoms with E-state index in [0.29, 0.717) is 11.1 Å². The normalized spacial score (nSPS) is 11.0. The first-order chi connectivity index (χ1) is 10.4. The molecule has 0 aromatic heterocycles. The molecule has 0 unspecified atom stereocenters. The molecule has 0 saturated carbocycles. The van der Waals surface area contributed by atoms with E-state index in [4.69, 9.17) is 9.47 Å². The van der Waals surface area contributed by atoms with Crippen LogP contribution in [0.2, 0.25) is 0 Å². The fourth-order valence-electron chi connectivity index (χ4n) is 2.06. The third kappa shape index (κ3) is 3.85. The van der Waals surface area contributed by atoms with E-state index < -0.39 is 0 Å². The molecule has 2 aromatic carbocycles. The molecule has 4 heteroatoms. The van der Waals surface area contributed by atoms with Crippen molar-refractivity contribution < 1.29 is 19.1 Å². The molecule has 4 nitrogen and oxygen atoms in total. The molecule has 0 saturated heterocycles. The lowest BCUT2D eigenvalue weighted by Gasteiger charge is -2.10. The van der Waals surface area contributed by atoms with Crippen LogP contribution in [-0.4, -0.2) is 24.1 Å². The number of hydrogen-bond acceptors (Lipinski definition) is 4. The minimum Gasteiger partial charge on any atom is -0.459 e. The molecular weight excluding hydrogens is 280 g/mol. The van der Waals surface area contributed by atoms with E-state index in [9.17, 15) is 9.59 Å². The predicted molar refractivity (Wildman–Crippen MR) is 85.1 cm³/mol. The largest absolute Gasteiger partial charge is 0.459 e. The van der Waals surface area contributed by atoms with Crippen LogP contribution in [0.15, 0.2) is 36.4 Å². The summed E-state index contributed by atoms with van der Waals surface area (Å²) in [6.07, 6.45) is -0.342. The fourth-order valence-corrected chi connectivity index (χ4v) is 2.06. The Kier molecular flexibility index (Phi) is 4.81. The van der Waals surface area contributed by atoms with Crippen molar-refractivity contribution in [1.82, 2.24) is 0 Å². The Hall–Kier alpha value is -2.36. The molecule has 0 aliphatic rings. The van der Waals surface area contributed by atoms with Crippen LogP contribution >= 0.6 is 0 Å². The molecule has 0 radical (unpaired) electrons. The van der Waals surface area contributed by atoms with Crippen LogP contribution in [0.4, 0.5) is 0 Å². The monoisotopic (exact) mass is 300 g/mol. The number of rotatable bonds is 4. The van der Waals surface area contributed by atoms with Gasteiger partial charge in [0.2, 0.25) is 0 Å². The number of benzene rings is 2. The Bertz CT molecular complexity index is 645. The van der Waals surface area contributed by atoms with Crippen molar-refractivity contribution in [2.75, 3.05) is 0 Å². The van der Waals surface area contributed by atoms with Gasteiger partial charge in [0, 0.05) is 0 Å². The van der Waals surface area contributed by atoms with Gasteiger partial charge in [0.1, 0.15) is 0 Å². The fraction of sp³-hybridized carbons (Fsp3) is 0.333. The smallest absolute Gasteiger partial charge is 0.338 e. The van der Waals surface area contributed by atoms with E-state index in [1.54, 1.807) is 52.0 Å². The SMILES string of the molecule is CC(C)OC(=O)c1ccc2ccc(C(=O)OC(C)C)cc2c1. The van der Waals surface area contributed by atoms with Crippen molar-refractivity contribution in [3.05, 3.63) is 47.5 Å². The van der Waals surface area contributed by atoms with Crippen molar-refractivity contribution in [1.29, 1.82) is 0 Å². The second kappa shape index (κ2) is 6.60. The van der Waals surface area contributed by atoms with Gasteiger partial charge in [0.15, 0.2) is 0 Å². The van der Waals surface area contributed by atoms with Gasteiger partial charge in [0.05, 0.1) is 23.3 Å². The standard InChI is InChI=1S/C18H20O4/c1-11(2)21-17(19)14-7-5-13-6-8-15(10-16(13)9-14)18(20)22-12(3)4/h5-12H,1-4H3. The number of carbonyl (C=O) groups is 2. The second-order valence-corrected chi connectivity index (χ2v) is 5.68. The lowest BCUT2D eigenvalue weighted by molar-refractivity contribution is 0.0368. The zero-order valence-electron chi connectivity index (χ0n) is 13.3. The van der Waals surface area contributed by atoms with Gasteiger partial charge in [0.25, 0.3) is 0 Å². The first-order valence-corrected chi connectivity index (χ1v) is 7.32. The Balaban J connectivity index is 2.34. The molecule has 0 amide bonds. The average molecular weight is 300 g/mol. The van der Waals surface area contributed by atoms with Crippen LogP contribution in [0.3, 0.4) is 0 Å². The maximum absolute atomic E-state index is 11.9. The highest BCUT2D eigenvalue weighted by Gasteiger charge is 2.12. The first-order valence-electron chi connectivity index (χ1n) is 7.32. The highest BCUT2D eigenvalue weighted by atomic mass is 16.5. The van der Waals surface area contributed by atoms with Gasteiger partial charge in [-0.05, 0) is 62.7 Å². The number of esters is 2. The summed E-state index contributed by atoms with van der Waals surface area (Å²) < 4.78 is 10.4. The summed E-state index contributed by atoms with van der Waals surface area (Å²) in [5.74, 6) is -0.737. The van der Waals surface area contributed by atoms with E-state index in [1.165, 1.54) is 0 Å². The molecule has 0 fully saturated rings. The van der Waals surface area contributed by atoms with Gasteiger partial charge >= 0.3 is 11.9 Å². The topological polar surface area (TPSA) is 52.6 Å². The molecule has 2 rings (SSSR count). The number of ether oxygens (including phenoxy) is 2. The van der Waals surface area contributed by atoms with Crippen LogP contribution in [-0.2, 0) is 9.47 Å². The second-order valence-electron chi connectivity index (χ2n) is 5.68. The van der Waals surface area contributed by atoms with Gasteiger partial charge in [-0.1, -0.05) is 12.1 Å². The molecule has 22 heavy (non-hydrogen) atoms. The number of hydrogen-bond donors (Lipinski definition) is 0. The van der Waals surface area contributed by atoms with E-state index in [2.05, 4.69) is 0 Å². The van der Waals surface area contributed by atoms with Gasteiger partial charge in [-0.15, -0.1) is 0 Å². The molecule has 0 atom stereocenters. The molecule has 0 spiro atoms. The third-order valence-electron chi connectivity index (χ3n) is 3.00. The quantitative estimate of drug-likeness (QED) is 0.802. The highest BCUT2D eigenvalue weighted by Crippen LogP contribution is 2.20. The highest BCUT2D eigenvalue weighted by molar-refractivity contribution is 5.99. The summed E-state index contributed by atoms with van der Waals surface area (Å²) in [6, 6.07) is 10.6. The van der Waals surface area contributed by atoms with E-state index in [0.717, 1.165) is 10.8 Å². The molecular formula is C18H20O4. The van der Waals surface area contributed by atoms with Crippen LogP contribution < -0.4 is 0 Å². The Morgan fingerprint density at radius 3 is 1.50 bits per heavy atom. The van der Waals surface area contributed by atoms with Crippen molar-refractivity contribution in [3.8, 4) is 0 Å². The Morgan fingerprint density at radius 1 is 0.727 bits per heavy atom. The molecule has 0 bridgehead atoms. The van der Waals surface area contributed by atoms with Gasteiger partial charge in [-0.2, -0.15) is 0 Å². The Labute approximate surface area is 130 Å². The molecule has 0 N–H and O–H groups in total.